The summed E-state index contributed by atoms with van der Waals surface area (Å²) in [5.41, 5.74) is 10.6. The zero-order valence-electron chi connectivity index (χ0n) is 44.2. The molecule has 0 aliphatic heterocycles. The number of aromatic nitrogens is 3. The number of halogens is 1. The van der Waals surface area contributed by atoms with Gasteiger partial charge in [0, 0.05) is 51.2 Å². The minimum atomic E-state index is -2.21. The fraction of sp³-hybridized carbons (Fsp3) is 0.263. The van der Waals surface area contributed by atoms with Crippen molar-refractivity contribution in [2.75, 3.05) is 0 Å². The van der Waals surface area contributed by atoms with Crippen molar-refractivity contribution in [2.24, 2.45) is 0 Å². The number of fused-ring (bicyclic) bond motifs is 4. The van der Waals surface area contributed by atoms with Gasteiger partial charge in [-0.05, 0) is 64.2 Å². The SMILES string of the molecule is CC(C)c1cc([Si](C)(C)C)cc(C(C)C)c1-n1c(-c2[c-]ccc3c2oc2c(F)c(-c4ccccc4)ccc23)nc2ccccc21.[2H]C([2H])([2H])c1ccc(-c2[c-]cc(C([2H])([2H])[2H])c(C(C)(C)C)c2)nc1.[Ir]. The van der Waals surface area contributed by atoms with Gasteiger partial charge in [0.15, 0.2) is 11.4 Å². The Labute approximate surface area is 401 Å². The van der Waals surface area contributed by atoms with Crippen LogP contribution >= 0.6 is 0 Å². The van der Waals surface area contributed by atoms with E-state index in [2.05, 4.69) is 99.4 Å². The number of hydrogen-bond donors (Lipinski definition) is 0. The fourth-order valence-electron chi connectivity index (χ4n) is 8.26. The van der Waals surface area contributed by atoms with Crippen molar-refractivity contribution in [3.63, 3.8) is 0 Å². The molecular weight excluding hydrogens is 982 g/mol. The van der Waals surface area contributed by atoms with Crippen LogP contribution in [0.3, 0.4) is 0 Å². The first-order valence-corrected chi connectivity index (χ1v) is 25.2. The van der Waals surface area contributed by atoms with Gasteiger partial charge in [0.2, 0.25) is 0 Å². The van der Waals surface area contributed by atoms with Crippen LogP contribution in [0.5, 0.6) is 0 Å². The minimum absolute atomic E-state index is 0. The van der Waals surface area contributed by atoms with Gasteiger partial charge in [0.05, 0.1) is 30.5 Å². The standard InChI is InChI=1S/C40H38FN2OSi.C17H20N.Ir/c1-24(2)32-22-27(45(5,6)7)23-33(25(3)4)37(32)43-35-19-12-11-18-34(35)42-40(43)31-17-13-16-29-30-21-20-28(26-14-9-8-10-15-26)36(41)39(30)44-38(29)31;1-12-6-9-16(18-11-12)14-8-7-13(2)15(10-14)17(3,4)5;/h8-16,18-25H,1-7H3;6-7,9-11H,1-5H3;/q2*-1;/i;1D3,2D3;. The molecule has 0 saturated heterocycles. The van der Waals surface area contributed by atoms with Crippen LogP contribution in [0, 0.1) is 31.7 Å². The van der Waals surface area contributed by atoms with E-state index >= 15 is 4.39 Å². The molecule has 3 heterocycles. The molecule has 0 atom stereocenters. The molecule has 0 fully saturated rings. The molecule has 9 rings (SSSR count). The number of furan rings is 1. The van der Waals surface area contributed by atoms with Crippen molar-refractivity contribution in [3.8, 4) is 39.5 Å². The molecule has 9 aromatic rings. The number of pyridine rings is 1. The number of aryl methyl sites for hydroxylation is 2. The van der Waals surface area contributed by atoms with Gasteiger partial charge in [-0.25, -0.2) is 4.39 Å². The van der Waals surface area contributed by atoms with Crippen molar-refractivity contribution >= 4 is 46.2 Å². The predicted octanol–water partition coefficient (Wildman–Crippen LogP) is 15.5. The van der Waals surface area contributed by atoms with E-state index < -0.39 is 21.8 Å². The van der Waals surface area contributed by atoms with E-state index in [1.165, 1.54) is 40.3 Å². The number of para-hydroxylation sites is 2. The van der Waals surface area contributed by atoms with Crippen LogP contribution in [0.4, 0.5) is 4.39 Å². The fourth-order valence-corrected chi connectivity index (χ4v) is 9.44. The molecule has 329 valence electrons. The topological polar surface area (TPSA) is 43.9 Å². The zero-order valence-corrected chi connectivity index (χ0v) is 41.6. The van der Waals surface area contributed by atoms with Crippen LogP contribution in [0.2, 0.25) is 19.6 Å². The monoisotopic (exact) mass is 1050 g/mol. The largest absolute Gasteiger partial charge is 0.497 e. The van der Waals surface area contributed by atoms with Gasteiger partial charge in [-0.15, -0.1) is 53.1 Å². The molecule has 1 radical (unpaired) electrons. The number of imidazole rings is 1. The van der Waals surface area contributed by atoms with Crippen LogP contribution < -0.4 is 5.19 Å². The Morgan fingerprint density at radius 3 is 2.09 bits per heavy atom. The van der Waals surface area contributed by atoms with E-state index in [1.54, 1.807) is 12.1 Å². The Balaban J connectivity index is 0.000000245. The molecule has 0 amide bonds. The van der Waals surface area contributed by atoms with Gasteiger partial charge >= 0.3 is 0 Å². The maximum absolute atomic E-state index is 16.1. The van der Waals surface area contributed by atoms with Gasteiger partial charge in [0.1, 0.15) is 0 Å². The number of nitrogens with zero attached hydrogens (tertiary/aromatic N) is 3. The average molecular weight is 1050 g/mol. The van der Waals surface area contributed by atoms with E-state index in [-0.39, 0.29) is 48.0 Å². The number of hydrogen-bond acceptors (Lipinski definition) is 3. The number of benzene rings is 6. The number of rotatable bonds is 7. The van der Waals surface area contributed by atoms with E-state index in [4.69, 9.17) is 17.6 Å². The van der Waals surface area contributed by atoms with Gasteiger partial charge in [-0.3, -0.25) is 4.98 Å². The molecule has 0 spiro atoms. The average Bonchev–Trinajstić information content (AvgIpc) is 3.87. The zero-order chi connectivity index (χ0) is 50.0. The van der Waals surface area contributed by atoms with Crippen LogP contribution in [0.25, 0.3) is 72.4 Å². The van der Waals surface area contributed by atoms with Gasteiger partial charge in [0.25, 0.3) is 0 Å². The van der Waals surface area contributed by atoms with Crippen LogP contribution in [0.15, 0.2) is 126 Å². The van der Waals surface area contributed by atoms with Crippen molar-refractivity contribution in [1.29, 1.82) is 0 Å². The minimum Gasteiger partial charge on any atom is -0.497 e. The Morgan fingerprint density at radius 1 is 0.781 bits per heavy atom. The third kappa shape index (κ3) is 8.96. The van der Waals surface area contributed by atoms with Crippen LogP contribution in [-0.4, -0.2) is 22.6 Å². The predicted molar refractivity (Wildman–Crippen MR) is 266 cm³/mol. The molecule has 0 aliphatic rings. The smallest absolute Gasteiger partial charge is 0.172 e. The Morgan fingerprint density at radius 2 is 1.47 bits per heavy atom. The molecule has 6 aromatic carbocycles. The maximum Gasteiger partial charge on any atom is 0.172 e. The summed E-state index contributed by atoms with van der Waals surface area (Å²) < 4.78 is 70.2. The quantitative estimate of drug-likeness (QED) is 0.118. The van der Waals surface area contributed by atoms with Gasteiger partial charge in [-0.1, -0.05) is 170 Å². The van der Waals surface area contributed by atoms with E-state index in [9.17, 15) is 0 Å². The Bertz CT molecular complexity index is 3320. The van der Waals surface area contributed by atoms with Crippen molar-refractivity contribution in [1.82, 2.24) is 14.5 Å². The molecule has 0 unspecified atom stereocenters. The molecule has 0 saturated carbocycles. The third-order valence-electron chi connectivity index (χ3n) is 11.7. The summed E-state index contributed by atoms with van der Waals surface area (Å²) in [6, 6.07) is 43.3. The van der Waals surface area contributed by atoms with E-state index in [0.29, 0.717) is 39.8 Å². The summed E-state index contributed by atoms with van der Waals surface area (Å²) in [6.07, 6.45) is 1.32. The molecule has 0 N–H and O–H groups in total. The van der Waals surface area contributed by atoms with Crippen molar-refractivity contribution in [2.45, 2.75) is 99.1 Å². The normalized spacial score (nSPS) is 13.8. The Hall–Kier alpha value is -5.46. The van der Waals surface area contributed by atoms with Crippen molar-refractivity contribution < 1.29 is 37.1 Å². The maximum atomic E-state index is 16.1. The second-order valence-corrected chi connectivity index (χ2v) is 24.1. The summed E-state index contributed by atoms with van der Waals surface area (Å²) in [4.78, 5) is 9.42. The molecule has 3 aromatic heterocycles. The van der Waals surface area contributed by atoms with Gasteiger partial charge in [-0.2, -0.15) is 0 Å². The molecule has 4 nitrogen and oxygen atoms in total. The first kappa shape index (κ1) is 38.9. The molecule has 0 bridgehead atoms. The third-order valence-corrected chi connectivity index (χ3v) is 13.7. The molecule has 64 heavy (non-hydrogen) atoms. The molecule has 0 aliphatic carbocycles. The Kier molecular flexibility index (Phi) is 11.1. The summed E-state index contributed by atoms with van der Waals surface area (Å²) in [5.74, 6) is 0.966. The van der Waals surface area contributed by atoms with Gasteiger partial charge < -0.3 is 14.0 Å². The summed E-state index contributed by atoms with van der Waals surface area (Å²) in [7, 11) is -1.60. The molecular formula is C57H58FIrN3OSi-2. The first-order chi connectivity index (χ1) is 32.3. The summed E-state index contributed by atoms with van der Waals surface area (Å²) in [6.45, 7) is 17.8. The van der Waals surface area contributed by atoms with Crippen molar-refractivity contribution in [3.05, 3.63) is 167 Å². The summed E-state index contributed by atoms with van der Waals surface area (Å²) in [5, 5.41) is 3.05. The second kappa shape index (κ2) is 18.2. The summed E-state index contributed by atoms with van der Waals surface area (Å²) >= 11 is 0. The van der Waals surface area contributed by atoms with Crippen LogP contribution in [0.1, 0.15) is 96.3 Å². The van der Waals surface area contributed by atoms with E-state index in [0.717, 1.165) is 38.8 Å². The van der Waals surface area contributed by atoms with Crippen LogP contribution in [-0.2, 0) is 25.5 Å². The molecule has 7 heteroatoms. The second-order valence-electron chi connectivity index (χ2n) is 19.0. The first-order valence-electron chi connectivity index (χ1n) is 24.7. The van der Waals surface area contributed by atoms with E-state index in [1.807, 2.05) is 81.4 Å².